The van der Waals surface area contributed by atoms with Crippen molar-refractivity contribution in [3.05, 3.63) is 65.0 Å². The molecule has 0 saturated heterocycles. The van der Waals surface area contributed by atoms with E-state index in [1.807, 2.05) is 51.1 Å². The molecule has 1 aromatic carbocycles. The summed E-state index contributed by atoms with van der Waals surface area (Å²) in [7, 11) is 0. The summed E-state index contributed by atoms with van der Waals surface area (Å²) < 4.78 is 1.73. The lowest BCUT2D eigenvalue weighted by molar-refractivity contribution is -0.118. The number of amides is 1. The van der Waals surface area contributed by atoms with Gasteiger partial charge in [-0.05, 0) is 38.3 Å². The van der Waals surface area contributed by atoms with Gasteiger partial charge in [-0.1, -0.05) is 47.7 Å². The van der Waals surface area contributed by atoms with Gasteiger partial charge in [0, 0.05) is 17.9 Å². The van der Waals surface area contributed by atoms with Crippen molar-refractivity contribution in [2.24, 2.45) is 0 Å². The van der Waals surface area contributed by atoms with Gasteiger partial charge in [-0.2, -0.15) is 4.98 Å². The van der Waals surface area contributed by atoms with Crippen LogP contribution in [0.4, 0.5) is 0 Å². The molecule has 0 aliphatic rings. The molecule has 140 valence electrons. The van der Waals surface area contributed by atoms with Crippen molar-refractivity contribution < 1.29 is 4.79 Å². The van der Waals surface area contributed by atoms with Crippen LogP contribution in [0, 0.1) is 20.8 Å². The van der Waals surface area contributed by atoms with Gasteiger partial charge < -0.3 is 5.32 Å². The quantitative estimate of drug-likeness (QED) is 0.503. The first kappa shape index (κ1) is 19.1. The van der Waals surface area contributed by atoms with E-state index < -0.39 is 0 Å². The van der Waals surface area contributed by atoms with Crippen molar-refractivity contribution in [1.82, 2.24) is 24.9 Å². The van der Waals surface area contributed by atoms with Crippen molar-refractivity contribution in [2.45, 2.75) is 38.9 Å². The molecular formula is C20H23N5OS. The number of hydrogen-bond donors (Lipinski definition) is 1. The highest BCUT2D eigenvalue weighted by molar-refractivity contribution is 7.99. The SMILES string of the molecule is C=CCc1c(C)nc2nc(SCC(=O)NCc3ccc(C)cc3)nn2c1C. The average molecular weight is 382 g/mol. The van der Waals surface area contributed by atoms with Crippen LogP contribution in [-0.4, -0.2) is 31.2 Å². The number of aromatic nitrogens is 4. The Morgan fingerprint density at radius 3 is 2.67 bits per heavy atom. The molecule has 6 nitrogen and oxygen atoms in total. The number of aryl methyl sites for hydroxylation is 3. The second kappa shape index (κ2) is 8.35. The summed E-state index contributed by atoms with van der Waals surface area (Å²) >= 11 is 1.31. The standard InChI is InChI=1S/C20H23N5OS/c1-5-6-17-14(3)22-19-23-20(24-25(19)15(17)4)27-12-18(26)21-11-16-9-7-13(2)8-10-16/h5,7-10H,1,6,11-12H2,2-4H3,(H,21,26). The van der Waals surface area contributed by atoms with Crippen molar-refractivity contribution >= 4 is 23.4 Å². The first-order valence-electron chi connectivity index (χ1n) is 8.76. The third-order valence-corrected chi connectivity index (χ3v) is 5.16. The third-order valence-electron chi connectivity index (χ3n) is 4.32. The Labute approximate surface area is 163 Å². The summed E-state index contributed by atoms with van der Waals surface area (Å²) in [6, 6.07) is 8.11. The number of fused-ring (bicyclic) bond motifs is 1. The van der Waals surface area contributed by atoms with Gasteiger partial charge in [0.15, 0.2) is 0 Å². The third kappa shape index (κ3) is 4.54. The van der Waals surface area contributed by atoms with Crippen molar-refractivity contribution in [3.8, 4) is 0 Å². The van der Waals surface area contributed by atoms with Gasteiger partial charge in [-0.15, -0.1) is 11.7 Å². The molecule has 2 aromatic heterocycles. The Kier molecular flexibility index (Phi) is 5.91. The highest BCUT2D eigenvalue weighted by Gasteiger charge is 2.14. The molecule has 0 bridgehead atoms. The minimum atomic E-state index is -0.0485. The molecule has 3 aromatic rings. The van der Waals surface area contributed by atoms with E-state index in [9.17, 15) is 4.79 Å². The van der Waals surface area contributed by atoms with Gasteiger partial charge in [-0.3, -0.25) is 4.79 Å². The predicted octanol–water partition coefficient (Wildman–Crippen LogP) is 3.19. The van der Waals surface area contributed by atoms with Crippen LogP contribution in [0.5, 0.6) is 0 Å². The van der Waals surface area contributed by atoms with E-state index in [-0.39, 0.29) is 11.7 Å². The van der Waals surface area contributed by atoms with Crippen molar-refractivity contribution in [1.29, 1.82) is 0 Å². The molecule has 3 rings (SSSR count). The Hall–Kier alpha value is -2.67. The minimum Gasteiger partial charge on any atom is -0.351 e. The lowest BCUT2D eigenvalue weighted by atomic mass is 10.1. The summed E-state index contributed by atoms with van der Waals surface area (Å²) in [5.41, 5.74) is 5.32. The molecule has 0 aliphatic carbocycles. The average Bonchev–Trinajstić information content (AvgIpc) is 3.06. The fourth-order valence-electron chi connectivity index (χ4n) is 2.78. The minimum absolute atomic E-state index is 0.0485. The predicted molar refractivity (Wildman–Crippen MR) is 108 cm³/mol. The number of hydrogen-bond acceptors (Lipinski definition) is 5. The van der Waals surface area contributed by atoms with E-state index in [4.69, 9.17) is 0 Å². The molecule has 27 heavy (non-hydrogen) atoms. The summed E-state index contributed by atoms with van der Waals surface area (Å²) in [6.45, 7) is 10.3. The van der Waals surface area contributed by atoms with Gasteiger partial charge in [0.2, 0.25) is 11.1 Å². The van der Waals surface area contributed by atoms with Gasteiger partial charge in [0.25, 0.3) is 5.78 Å². The number of carbonyl (C=O) groups excluding carboxylic acids is 1. The van der Waals surface area contributed by atoms with Crippen LogP contribution >= 0.6 is 11.8 Å². The zero-order valence-electron chi connectivity index (χ0n) is 15.8. The van der Waals surface area contributed by atoms with Gasteiger partial charge >= 0.3 is 0 Å². The largest absolute Gasteiger partial charge is 0.351 e. The summed E-state index contributed by atoms with van der Waals surface area (Å²) in [6.07, 6.45) is 2.60. The Balaban J connectivity index is 1.62. The highest BCUT2D eigenvalue weighted by atomic mass is 32.2. The molecule has 1 amide bonds. The van der Waals surface area contributed by atoms with E-state index in [1.165, 1.54) is 17.3 Å². The van der Waals surface area contributed by atoms with Gasteiger partial charge in [0.05, 0.1) is 5.75 Å². The maximum atomic E-state index is 12.1. The van der Waals surface area contributed by atoms with Crippen LogP contribution in [0.1, 0.15) is 28.1 Å². The smallest absolute Gasteiger partial charge is 0.253 e. The topological polar surface area (TPSA) is 72.2 Å². The Bertz CT molecular complexity index is 978. The molecule has 7 heteroatoms. The van der Waals surface area contributed by atoms with Crippen molar-refractivity contribution in [3.63, 3.8) is 0 Å². The van der Waals surface area contributed by atoms with Crippen LogP contribution in [0.25, 0.3) is 5.78 Å². The Morgan fingerprint density at radius 1 is 1.22 bits per heavy atom. The van der Waals surface area contributed by atoms with Gasteiger partial charge in [-0.25, -0.2) is 9.50 Å². The summed E-state index contributed by atoms with van der Waals surface area (Å²) in [5, 5.41) is 7.96. The molecule has 0 aliphatic heterocycles. The van der Waals surface area contributed by atoms with E-state index in [0.29, 0.717) is 17.5 Å². The normalized spacial score (nSPS) is 10.9. The maximum absolute atomic E-state index is 12.1. The number of nitrogens with one attached hydrogen (secondary N) is 1. The molecule has 2 heterocycles. The summed E-state index contributed by atoms with van der Waals surface area (Å²) in [4.78, 5) is 21.1. The number of benzene rings is 1. The van der Waals surface area contributed by atoms with Crippen LogP contribution in [0.3, 0.4) is 0 Å². The first-order valence-corrected chi connectivity index (χ1v) is 9.75. The number of rotatable bonds is 7. The Morgan fingerprint density at radius 2 is 1.96 bits per heavy atom. The molecule has 0 unspecified atom stereocenters. The molecular weight excluding hydrogens is 358 g/mol. The van der Waals surface area contributed by atoms with E-state index in [0.717, 1.165) is 28.9 Å². The molecule has 0 atom stereocenters. The van der Waals surface area contributed by atoms with E-state index in [1.54, 1.807) is 4.52 Å². The maximum Gasteiger partial charge on any atom is 0.253 e. The fourth-order valence-corrected chi connectivity index (χ4v) is 3.43. The number of thioether (sulfide) groups is 1. The highest BCUT2D eigenvalue weighted by Crippen LogP contribution is 2.18. The molecule has 0 spiro atoms. The summed E-state index contributed by atoms with van der Waals surface area (Å²) in [5.74, 6) is 0.772. The second-order valence-corrected chi connectivity index (χ2v) is 7.35. The second-order valence-electron chi connectivity index (χ2n) is 6.41. The number of nitrogens with zero attached hydrogens (tertiary/aromatic N) is 4. The van der Waals surface area contributed by atoms with Crippen LogP contribution < -0.4 is 5.32 Å². The number of allylic oxidation sites excluding steroid dienone is 1. The van der Waals surface area contributed by atoms with Crippen LogP contribution in [-0.2, 0) is 17.8 Å². The monoisotopic (exact) mass is 381 g/mol. The zero-order valence-corrected chi connectivity index (χ0v) is 16.6. The fraction of sp³-hybridized carbons (Fsp3) is 0.300. The van der Waals surface area contributed by atoms with Crippen molar-refractivity contribution in [2.75, 3.05) is 5.75 Å². The van der Waals surface area contributed by atoms with Gasteiger partial charge in [0.1, 0.15) is 0 Å². The van der Waals surface area contributed by atoms with E-state index >= 15 is 0 Å². The molecule has 0 radical (unpaired) electrons. The molecule has 0 saturated carbocycles. The first-order chi connectivity index (χ1) is 13.0. The molecule has 0 fully saturated rings. The lowest BCUT2D eigenvalue weighted by Crippen LogP contribution is -2.24. The van der Waals surface area contributed by atoms with Crippen LogP contribution in [0.2, 0.25) is 0 Å². The number of carbonyl (C=O) groups is 1. The molecule has 1 N–H and O–H groups in total. The zero-order chi connectivity index (χ0) is 19.4. The van der Waals surface area contributed by atoms with Crippen LogP contribution in [0.15, 0.2) is 42.1 Å². The lowest BCUT2D eigenvalue weighted by Gasteiger charge is -2.07. The van der Waals surface area contributed by atoms with E-state index in [2.05, 4.69) is 27.0 Å².